The summed E-state index contributed by atoms with van der Waals surface area (Å²) in [6, 6.07) is 6.12. The molecule has 5 amide bonds. The van der Waals surface area contributed by atoms with Crippen molar-refractivity contribution in [1.29, 1.82) is 0 Å². The molecule has 0 spiro atoms. The van der Waals surface area contributed by atoms with E-state index in [4.69, 9.17) is 4.74 Å². The number of methoxy groups -OCH3 is 1. The minimum Gasteiger partial charge on any atom is -0.497 e. The van der Waals surface area contributed by atoms with E-state index in [0.29, 0.717) is 17.9 Å². The van der Waals surface area contributed by atoms with Gasteiger partial charge < -0.3 is 20.7 Å². The number of carbonyl (C=O) groups is 4. The van der Waals surface area contributed by atoms with Crippen molar-refractivity contribution in [2.75, 3.05) is 26.7 Å². The summed E-state index contributed by atoms with van der Waals surface area (Å²) in [5.74, 6) is -0.931. The van der Waals surface area contributed by atoms with Gasteiger partial charge in [0, 0.05) is 6.54 Å². The predicted molar refractivity (Wildman–Crippen MR) is 96.9 cm³/mol. The fourth-order valence-corrected chi connectivity index (χ4v) is 2.68. The van der Waals surface area contributed by atoms with Crippen LogP contribution in [0.5, 0.6) is 5.75 Å². The van der Waals surface area contributed by atoms with E-state index in [1.54, 1.807) is 31.2 Å². The van der Waals surface area contributed by atoms with Crippen molar-refractivity contribution in [3.8, 4) is 5.75 Å². The summed E-state index contributed by atoms with van der Waals surface area (Å²) < 4.78 is 5.16. The molecule has 1 fully saturated rings. The van der Waals surface area contributed by atoms with Crippen LogP contribution < -0.4 is 20.7 Å². The van der Waals surface area contributed by atoms with E-state index in [1.807, 2.05) is 6.92 Å². The Kier molecular flexibility index (Phi) is 6.38. The van der Waals surface area contributed by atoms with Crippen molar-refractivity contribution < 1.29 is 23.9 Å². The van der Waals surface area contributed by atoms with Gasteiger partial charge in [0.2, 0.25) is 11.8 Å². The van der Waals surface area contributed by atoms with Crippen molar-refractivity contribution in [3.63, 3.8) is 0 Å². The Hall–Kier alpha value is -3.10. The molecular formula is C18H24N4O5. The van der Waals surface area contributed by atoms with Gasteiger partial charge in [0.05, 0.1) is 13.7 Å². The second-order valence-corrected chi connectivity index (χ2v) is 6.31. The topological polar surface area (TPSA) is 117 Å². The van der Waals surface area contributed by atoms with E-state index in [-0.39, 0.29) is 12.5 Å². The molecule has 0 unspecified atom stereocenters. The molecule has 0 radical (unpaired) electrons. The van der Waals surface area contributed by atoms with Gasteiger partial charge in [0.1, 0.15) is 17.8 Å². The lowest BCUT2D eigenvalue weighted by molar-refractivity contribution is -0.135. The third kappa shape index (κ3) is 4.55. The fraction of sp³-hybridized carbons (Fsp3) is 0.444. The van der Waals surface area contributed by atoms with Crippen LogP contribution in [0.25, 0.3) is 0 Å². The van der Waals surface area contributed by atoms with Crippen LogP contribution in [0.2, 0.25) is 0 Å². The van der Waals surface area contributed by atoms with Crippen LogP contribution in [0.3, 0.4) is 0 Å². The molecule has 1 aromatic rings. The Balaban J connectivity index is 2.02. The van der Waals surface area contributed by atoms with E-state index < -0.39 is 29.9 Å². The normalized spacial score (nSPS) is 18.9. The molecule has 27 heavy (non-hydrogen) atoms. The predicted octanol–water partition coefficient (Wildman–Crippen LogP) is 0.105. The summed E-state index contributed by atoms with van der Waals surface area (Å²) in [6.07, 6.45) is 0.783. The Bertz CT molecular complexity index is 751. The van der Waals surface area contributed by atoms with Crippen LogP contribution in [-0.4, -0.2) is 55.4 Å². The first-order valence-corrected chi connectivity index (χ1v) is 8.63. The lowest BCUT2D eigenvalue weighted by atomic mass is 9.92. The van der Waals surface area contributed by atoms with Gasteiger partial charge in [-0.2, -0.15) is 0 Å². The third-order valence-electron chi connectivity index (χ3n) is 4.24. The Morgan fingerprint density at radius 1 is 1.22 bits per heavy atom. The highest BCUT2D eigenvalue weighted by Gasteiger charge is 2.49. The molecule has 1 aromatic carbocycles. The highest BCUT2D eigenvalue weighted by molar-refractivity contribution is 6.09. The van der Waals surface area contributed by atoms with E-state index in [0.717, 1.165) is 11.3 Å². The molecule has 2 rings (SSSR count). The fourth-order valence-electron chi connectivity index (χ4n) is 2.68. The number of carbonyl (C=O) groups excluding carboxylic acids is 4. The van der Waals surface area contributed by atoms with E-state index >= 15 is 0 Å². The van der Waals surface area contributed by atoms with Gasteiger partial charge in [-0.15, -0.1) is 0 Å². The van der Waals surface area contributed by atoms with E-state index in [2.05, 4.69) is 16.0 Å². The van der Waals surface area contributed by atoms with Gasteiger partial charge in [0.15, 0.2) is 0 Å². The van der Waals surface area contributed by atoms with Crippen molar-refractivity contribution in [3.05, 3.63) is 29.8 Å². The van der Waals surface area contributed by atoms with Crippen molar-refractivity contribution >= 4 is 23.8 Å². The number of urea groups is 1. The number of hydrogen-bond donors (Lipinski definition) is 3. The van der Waals surface area contributed by atoms with Crippen LogP contribution in [0.4, 0.5) is 4.79 Å². The van der Waals surface area contributed by atoms with Crippen LogP contribution in [0.15, 0.2) is 24.3 Å². The molecule has 1 atom stereocenters. The number of ether oxygens (including phenoxy) is 1. The van der Waals surface area contributed by atoms with Crippen LogP contribution in [0.1, 0.15) is 25.8 Å². The van der Waals surface area contributed by atoms with Crippen LogP contribution in [-0.2, 0) is 19.9 Å². The largest absolute Gasteiger partial charge is 0.497 e. The van der Waals surface area contributed by atoms with Gasteiger partial charge in [-0.3, -0.25) is 19.3 Å². The first kappa shape index (κ1) is 20.2. The Morgan fingerprint density at radius 2 is 1.96 bits per heavy atom. The summed E-state index contributed by atoms with van der Waals surface area (Å²) in [5.41, 5.74) is -0.758. The average Bonchev–Trinajstić information content (AvgIpc) is 2.88. The summed E-state index contributed by atoms with van der Waals surface area (Å²) in [6.45, 7) is 3.31. The first-order chi connectivity index (χ1) is 12.8. The number of nitrogens with zero attached hydrogens (tertiary/aromatic N) is 1. The number of nitrogens with one attached hydrogen (secondary N) is 3. The van der Waals surface area contributed by atoms with E-state index in [9.17, 15) is 19.2 Å². The molecule has 1 aliphatic rings. The number of amides is 5. The highest BCUT2D eigenvalue weighted by Crippen LogP contribution is 2.30. The average molecular weight is 376 g/mol. The van der Waals surface area contributed by atoms with Crippen molar-refractivity contribution in [2.24, 2.45) is 0 Å². The lowest BCUT2D eigenvalue weighted by Gasteiger charge is -2.22. The monoisotopic (exact) mass is 376 g/mol. The van der Waals surface area contributed by atoms with Gasteiger partial charge in [0.25, 0.3) is 5.91 Å². The zero-order valence-electron chi connectivity index (χ0n) is 15.6. The molecule has 3 N–H and O–H groups in total. The lowest BCUT2D eigenvalue weighted by Crippen LogP contribution is -2.45. The zero-order valence-corrected chi connectivity index (χ0v) is 15.6. The summed E-state index contributed by atoms with van der Waals surface area (Å²) >= 11 is 0. The number of benzene rings is 1. The zero-order chi connectivity index (χ0) is 20.0. The number of imide groups is 1. The smallest absolute Gasteiger partial charge is 0.325 e. The second kappa shape index (κ2) is 8.52. The summed E-state index contributed by atoms with van der Waals surface area (Å²) in [5, 5.41) is 7.64. The van der Waals surface area contributed by atoms with Crippen molar-refractivity contribution in [1.82, 2.24) is 20.9 Å². The maximum atomic E-state index is 12.8. The van der Waals surface area contributed by atoms with Crippen LogP contribution >= 0.6 is 0 Å². The number of hydrogen-bond acceptors (Lipinski definition) is 5. The molecule has 146 valence electrons. The maximum Gasteiger partial charge on any atom is 0.325 e. The molecule has 0 saturated carbocycles. The minimum atomic E-state index is -1.30. The van der Waals surface area contributed by atoms with Crippen LogP contribution in [0, 0.1) is 0 Å². The Morgan fingerprint density at radius 3 is 2.63 bits per heavy atom. The van der Waals surface area contributed by atoms with E-state index in [1.165, 1.54) is 7.11 Å². The molecule has 0 aliphatic carbocycles. The third-order valence-corrected chi connectivity index (χ3v) is 4.24. The maximum absolute atomic E-state index is 12.8. The SMILES string of the molecule is CCCNC(=O)CNC(=O)CN1C(=O)N[C@](C)(c2cccc(OC)c2)C1=O. The first-order valence-electron chi connectivity index (χ1n) is 8.63. The Labute approximate surface area is 157 Å². The molecule has 0 bridgehead atoms. The molecule has 0 aromatic heterocycles. The molecule has 1 aliphatic heterocycles. The molecular weight excluding hydrogens is 352 g/mol. The summed E-state index contributed by atoms with van der Waals surface area (Å²) in [7, 11) is 1.50. The van der Waals surface area contributed by atoms with Gasteiger partial charge in [-0.05, 0) is 31.0 Å². The standard InChI is InChI=1S/C18H24N4O5/c1-4-8-19-14(23)10-20-15(24)11-22-16(25)18(2,21-17(22)26)12-6-5-7-13(9-12)27-3/h5-7,9H,4,8,10-11H2,1-3H3,(H,19,23)(H,20,24)(H,21,26)/t18-/m1/s1. The second-order valence-electron chi connectivity index (χ2n) is 6.31. The molecule has 9 nitrogen and oxygen atoms in total. The van der Waals surface area contributed by atoms with Crippen molar-refractivity contribution in [2.45, 2.75) is 25.8 Å². The molecule has 1 saturated heterocycles. The minimum absolute atomic E-state index is 0.213. The van der Waals surface area contributed by atoms with Gasteiger partial charge in [-0.1, -0.05) is 19.1 Å². The highest BCUT2D eigenvalue weighted by atomic mass is 16.5. The number of rotatable bonds is 8. The molecule has 1 heterocycles. The quantitative estimate of drug-likeness (QED) is 0.557. The summed E-state index contributed by atoms with van der Waals surface area (Å²) in [4.78, 5) is 49.4. The molecule has 9 heteroatoms. The van der Waals surface area contributed by atoms with Gasteiger partial charge >= 0.3 is 6.03 Å². The van der Waals surface area contributed by atoms with Gasteiger partial charge in [-0.25, -0.2) is 4.79 Å².